The fourth-order valence-electron chi connectivity index (χ4n) is 6.93. The molecule has 2 aromatic rings. The molecule has 1 aliphatic carbocycles. The maximum atomic E-state index is 13.3. The van der Waals surface area contributed by atoms with Crippen molar-refractivity contribution in [1.82, 2.24) is 15.2 Å². The number of hydrogen-bond acceptors (Lipinski definition) is 7. The van der Waals surface area contributed by atoms with Gasteiger partial charge in [0.2, 0.25) is 5.91 Å². The molecule has 0 unspecified atom stereocenters. The lowest BCUT2D eigenvalue weighted by Crippen LogP contribution is -2.55. The molecule has 1 aromatic carbocycles. The van der Waals surface area contributed by atoms with Gasteiger partial charge in [0.15, 0.2) is 11.6 Å². The van der Waals surface area contributed by atoms with E-state index in [1.54, 1.807) is 4.90 Å². The normalized spacial score (nSPS) is 22.4. The van der Waals surface area contributed by atoms with Crippen molar-refractivity contribution in [2.45, 2.75) is 76.4 Å². The van der Waals surface area contributed by atoms with E-state index in [1.807, 2.05) is 31.3 Å². The van der Waals surface area contributed by atoms with Crippen LogP contribution >= 0.6 is 0 Å². The summed E-state index contributed by atoms with van der Waals surface area (Å²) >= 11 is 0. The molecule has 9 heteroatoms. The van der Waals surface area contributed by atoms with E-state index in [-0.39, 0.29) is 23.9 Å². The first-order valence-electron chi connectivity index (χ1n) is 14.6. The summed E-state index contributed by atoms with van der Waals surface area (Å²) in [5, 5.41) is 3.23. The molecule has 1 saturated heterocycles. The van der Waals surface area contributed by atoms with Crippen LogP contribution in [0.1, 0.15) is 67.8 Å². The van der Waals surface area contributed by atoms with Crippen LogP contribution in [0.4, 0.5) is 28.7 Å². The van der Waals surface area contributed by atoms with Crippen molar-refractivity contribution in [3.05, 3.63) is 35.4 Å². The van der Waals surface area contributed by atoms with E-state index >= 15 is 0 Å². The Kier molecular flexibility index (Phi) is 6.87. The predicted molar refractivity (Wildman–Crippen MR) is 156 cm³/mol. The fraction of sp³-hybridized carbons (Fsp3) is 0.567. The van der Waals surface area contributed by atoms with Crippen LogP contribution < -0.4 is 25.8 Å². The average molecular weight is 532 g/mol. The second-order valence-electron chi connectivity index (χ2n) is 11.7. The summed E-state index contributed by atoms with van der Waals surface area (Å²) in [5.41, 5.74) is 10.9. The molecule has 3 N–H and O–H groups in total. The van der Waals surface area contributed by atoms with Crippen molar-refractivity contribution in [3.63, 3.8) is 0 Å². The van der Waals surface area contributed by atoms with Crippen LogP contribution in [0.2, 0.25) is 0 Å². The largest absolute Gasteiger partial charge is 0.396 e. The predicted octanol–water partition coefficient (Wildman–Crippen LogP) is 3.69. The van der Waals surface area contributed by atoms with Gasteiger partial charge in [-0.1, -0.05) is 19.8 Å². The highest BCUT2D eigenvalue weighted by atomic mass is 16.2. The highest BCUT2D eigenvalue weighted by Gasteiger charge is 2.42. The Morgan fingerprint density at radius 1 is 1.03 bits per heavy atom. The molecule has 4 heterocycles. The molecular weight excluding hydrogens is 490 g/mol. The molecule has 0 radical (unpaired) electrons. The maximum absolute atomic E-state index is 13.3. The van der Waals surface area contributed by atoms with Crippen molar-refractivity contribution >= 4 is 40.5 Å². The first-order chi connectivity index (χ1) is 18.9. The van der Waals surface area contributed by atoms with Crippen molar-refractivity contribution in [3.8, 4) is 0 Å². The minimum atomic E-state index is -0.203. The van der Waals surface area contributed by atoms with Gasteiger partial charge in [0.05, 0.1) is 11.4 Å². The number of pyridine rings is 1. The van der Waals surface area contributed by atoms with E-state index in [1.165, 1.54) is 12.8 Å². The van der Waals surface area contributed by atoms with Crippen LogP contribution in [0.25, 0.3) is 0 Å². The van der Waals surface area contributed by atoms with Crippen LogP contribution in [0.3, 0.4) is 0 Å². The number of anilines is 5. The molecule has 4 aliphatic rings. The standard InChI is InChI=1S/C30H41N7O2/c1-4-24-30(39)35(3)26-18-23(31)27(33-28(26)37(24)22-7-5-6-8-22)36-16-11-19-17-20(9-10-25(19)36)29(38)32-21-12-14-34(2)15-13-21/h9-10,17-18,21-22,24H,4-8,11-16,31H2,1-3H3,(H,32,38)/t24-/m1/s1. The molecule has 0 spiro atoms. The number of rotatable bonds is 5. The second kappa shape index (κ2) is 10.3. The van der Waals surface area contributed by atoms with Gasteiger partial charge in [-0.15, -0.1) is 0 Å². The number of carbonyl (C=O) groups is 2. The fourth-order valence-corrected chi connectivity index (χ4v) is 6.93. The number of amides is 2. The van der Waals surface area contributed by atoms with E-state index in [9.17, 15) is 9.59 Å². The van der Waals surface area contributed by atoms with Crippen molar-refractivity contribution in [1.29, 1.82) is 0 Å². The van der Waals surface area contributed by atoms with E-state index < -0.39 is 0 Å². The monoisotopic (exact) mass is 531 g/mol. The summed E-state index contributed by atoms with van der Waals surface area (Å²) in [6.45, 7) is 4.86. The number of piperidine rings is 1. The Bertz CT molecular complexity index is 1270. The Morgan fingerprint density at radius 3 is 2.49 bits per heavy atom. The molecular formula is C30H41N7O2. The Labute approximate surface area is 231 Å². The molecule has 1 aromatic heterocycles. The zero-order valence-electron chi connectivity index (χ0n) is 23.4. The molecule has 1 saturated carbocycles. The molecule has 3 aliphatic heterocycles. The van der Waals surface area contributed by atoms with E-state index in [4.69, 9.17) is 10.7 Å². The van der Waals surface area contributed by atoms with Crippen LogP contribution in [0.15, 0.2) is 24.3 Å². The van der Waals surface area contributed by atoms with Crippen LogP contribution in [0.5, 0.6) is 0 Å². The quantitative estimate of drug-likeness (QED) is 0.607. The van der Waals surface area contributed by atoms with Gasteiger partial charge in [0.1, 0.15) is 6.04 Å². The number of likely N-dealkylation sites (tertiary alicyclic amines) is 1. The molecule has 6 rings (SSSR count). The van der Waals surface area contributed by atoms with E-state index in [0.29, 0.717) is 17.3 Å². The third-order valence-corrected chi connectivity index (χ3v) is 9.20. The number of nitrogens with two attached hydrogens (primary N) is 1. The SMILES string of the molecule is CC[C@@H]1C(=O)N(C)c2cc(N)c(N3CCc4cc(C(=O)NC5CCN(C)CC5)ccc43)nc2N1C1CCCC1. The summed E-state index contributed by atoms with van der Waals surface area (Å²) in [7, 11) is 3.96. The third-order valence-electron chi connectivity index (χ3n) is 9.20. The second-order valence-corrected chi connectivity index (χ2v) is 11.7. The summed E-state index contributed by atoms with van der Waals surface area (Å²) in [6, 6.07) is 8.26. The van der Waals surface area contributed by atoms with Gasteiger partial charge in [-0.05, 0) is 88.5 Å². The molecule has 0 bridgehead atoms. The van der Waals surface area contributed by atoms with Gasteiger partial charge in [-0.25, -0.2) is 4.98 Å². The topological polar surface area (TPSA) is 98.0 Å². The number of benzene rings is 1. The molecule has 2 amide bonds. The van der Waals surface area contributed by atoms with Gasteiger partial charge in [0.25, 0.3) is 5.91 Å². The van der Waals surface area contributed by atoms with Crippen molar-refractivity contribution in [2.24, 2.45) is 0 Å². The number of carbonyl (C=O) groups excluding carboxylic acids is 2. The number of nitrogens with zero attached hydrogens (tertiary/aromatic N) is 5. The lowest BCUT2D eigenvalue weighted by molar-refractivity contribution is -0.120. The highest BCUT2D eigenvalue weighted by Crippen LogP contribution is 2.45. The smallest absolute Gasteiger partial charge is 0.251 e. The zero-order chi connectivity index (χ0) is 27.3. The molecule has 39 heavy (non-hydrogen) atoms. The van der Waals surface area contributed by atoms with Gasteiger partial charge in [-0.2, -0.15) is 0 Å². The number of nitrogens with one attached hydrogen (secondary N) is 1. The lowest BCUT2D eigenvalue weighted by Gasteiger charge is -2.44. The van der Waals surface area contributed by atoms with Gasteiger partial charge in [0, 0.05) is 36.9 Å². The lowest BCUT2D eigenvalue weighted by atomic mass is 10.0. The molecule has 208 valence electrons. The Balaban J connectivity index is 1.29. The van der Waals surface area contributed by atoms with Crippen molar-refractivity contribution < 1.29 is 9.59 Å². The first-order valence-corrected chi connectivity index (χ1v) is 14.6. The van der Waals surface area contributed by atoms with Crippen molar-refractivity contribution in [2.75, 3.05) is 54.2 Å². The minimum absolute atomic E-state index is 0.00254. The van der Waals surface area contributed by atoms with E-state index in [0.717, 1.165) is 86.7 Å². The number of aromatic nitrogens is 1. The highest BCUT2D eigenvalue weighted by molar-refractivity contribution is 6.05. The van der Waals surface area contributed by atoms with Crippen LogP contribution in [-0.2, 0) is 11.2 Å². The summed E-state index contributed by atoms with van der Waals surface area (Å²) in [6.07, 6.45) is 8.09. The van der Waals surface area contributed by atoms with Crippen LogP contribution in [-0.4, -0.2) is 73.6 Å². The molecule has 2 fully saturated rings. The third kappa shape index (κ3) is 4.60. The average Bonchev–Trinajstić information content (AvgIpc) is 3.62. The summed E-state index contributed by atoms with van der Waals surface area (Å²) < 4.78 is 0. The van der Waals surface area contributed by atoms with Gasteiger partial charge >= 0.3 is 0 Å². The van der Waals surface area contributed by atoms with Gasteiger partial charge in [-0.3, -0.25) is 9.59 Å². The van der Waals surface area contributed by atoms with E-state index in [2.05, 4.69) is 34.0 Å². The van der Waals surface area contributed by atoms with Crippen LogP contribution in [0, 0.1) is 0 Å². The zero-order valence-corrected chi connectivity index (χ0v) is 23.4. The molecule has 9 nitrogen and oxygen atoms in total. The summed E-state index contributed by atoms with van der Waals surface area (Å²) in [5.74, 6) is 1.71. The number of nitrogen functional groups attached to an aromatic ring is 1. The molecule has 1 atom stereocenters. The Morgan fingerprint density at radius 2 is 1.77 bits per heavy atom. The summed E-state index contributed by atoms with van der Waals surface area (Å²) in [4.78, 5) is 40.0. The van der Waals surface area contributed by atoms with Gasteiger partial charge < -0.3 is 30.7 Å². The first kappa shape index (κ1) is 25.9. The Hall–Kier alpha value is -3.33. The number of likely N-dealkylation sites (N-methyl/N-ethyl adjacent to an activating group) is 1. The number of hydrogen-bond donors (Lipinski definition) is 2. The number of fused-ring (bicyclic) bond motifs is 2. The minimum Gasteiger partial charge on any atom is -0.396 e. The maximum Gasteiger partial charge on any atom is 0.251 e.